The van der Waals surface area contributed by atoms with Crippen LogP contribution in [0.25, 0.3) is 0 Å². The van der Waals surface area contributed by atoms with Crippen LogP contribution in [0, 0.1) is 13.8 Å². The molecule has 3 aromatic rings. The Morgan fingerprint density at radius 1 is 0.897 bits per heavy atom. The number of hydrogen-bond acceptors (Lipinski definition) is 4. The summed E-state index contributed by atoms with van der Waals surface area (Å²) in [4.78, 5) is 29.0. The van der Waals surface area contributed by atoms with Gasteiger partial charge in [-0.3, -0.25) is 13.9 Å². The van der Waals surface area contributed by atoms with Gasteiger partial charge in [-0.1, -0.05) is 60.1 Å². The minimum atomic E-state index is -3.81. The van der Waals surface area contributed by atoms with E-state index in [0.717, 1.165) is 32.8 Å². The second kappa shape index (κ2) is 13.1. The predicted molar refractivity (Wildman–Crippen MR) is 157 cm³/mol. The van der Waals surface area contributed by atoms with Crippen LogP contribution in [0.1, 0.15) is 36.1 Å². The number of nitrogens with zero attached hydrogens (tertiary/aromatic N) is 2. The molecule has 3 aromatic carbocycles. The number of aryl methyl sites for hydroxylation is 2. The molecule has 7 nitrogen and oxygen atoms in total. The number of carbonyl (C=O) groups is 2. The lowest BCUT2D eigenvalue weighted by atomic mass is 10.0. The van der Waals surface area contributed by atoms with Gasteiger partial charge in [-0.05, 0) is 74.2 Å². The van der Waals surface area contributed by atoms with Crippen molar-refractivity contribution in [3.8, 4) is 0 Å². The fraction of sp³-hybridized carbons (Fsp3) is 0.333. The highest BCUT2D eigenvalue weighted by Crippen LogP contribution is 2.23. The second-order valence-electron chi connectivity index (χ2n) is 10.1. The van der Waals surface area contributed by atoms with Gasteiger partial charge < -0.3 is 10.2 Å². The van der Waals surface area contributed by atoms with Crippen LogP contribution in [0.2, 0.25) is 5.02 Å². The molecule has 0 aliphatic heterocycles. The van der Waals surface area contributed by atoms with E-state index in [4.69, 9.17) is 11.6 Å². The number of anilines is 1. The fourth-order valence-corrected chi connectivity index (χ4v) is 5.39. The van der Waals surface area contributed by atoms with Gasteiger partial charge in [0.15, 0.2) is 0 Å². The molecule has 9 heteroatoms. The van der Waals surface area contributed by atoms with E-state index in [1.165, 1.54) is 4.90 Å². The van der Waals surface area contributed by atoms with Crippen molar-refractivity contribution >= 4 is 39.1 Å². The number of rotatable bonds is 11. The maximum atomic E-state index is 14.1. The van der Waals surface area contributed by atoms with Crippen LogP contribution in [0.3, 0.4) is 0 Å². The average molecular weight is 570 g/mol. The largest absolute Gasteiger partial charge is 0.352 e. The summed E-state index contributed by atoms with van der Waals surface area (Å²) in [5, 5.41) is 3.49. The zero-order chi connectivity index (χ0) is 28.7. The Balaban J connectivity index is 2.06. The smallest absolute Gasteiger partial charge is 0.244 e. The molecule has 0 aromatic heterocycles. The molecule has 0 saturated heterocycles. The predicted octanol–water partition coefficient (Wildman–Crippen LogP) is 4.89. The molecule has 0 aliphatic carbocycles. The van der Waals surface area contributed by atoms with Gasteiger partial charge in [0.05, 0.1) is 11.9 Å². The molecular formula is C30H36ClN3O4S. The molecule has 0 radical (unpaired) electrons. The second-order valence-corrected chi connectivity index (χ2v) is 12.5. The highest BCUT2D eigenvalue weighted by Gasteiger charge is 2.33. The minimum absolute atomic E-state index is 0.101. The molecule has 1 atom stereocenters. The third-order valence-corrected chi connectivity index (χ3v) is 7.53. The molecule has 208 valence electrons. The van der Waals surface area contributed by atoms with Crippen molar-refractivity contribution in [2.45, 2.75) is 52.7 Å². The first-order chi connectivity index (χ1) is 18.3. The molecule has 0 heterocycles. The Kier molecular flexibility index (Phi) is 10.2. The molecule has 0 aliphatic rings. The third kappa shape index (κ3) is 8.83. The summed E-state index contributed by atoms with van der Waals surface area (Å²) < 4.78 is 26.9. The molecule has 39 heavy (non-hydrogen) atoms. The summed E-state index contributed by atoms with van der Waals surface area (Å²) in [5.41, 5.74) is 3.80. The van der Waals surface area contributed by atoms with Crippen molar-refractivity contribution in [3.05, 3.63) is 100 Å². The Bertz CT molecular complexity index is 1370. The van der Waals surface area contributed by atoms with Crippen molar-refractivity contribution in [2.24, 2.45) is 0 Å². The summed E-state index contributed by atoms with van der Waals surface area (Å²) >= 11 is 6.08. The number of hydrogen-bond donors (Lipinski definition) is 1. The maximum absolute atomic E-state index is 14.1. The standard InChI is InChI=1S/C30H36ClN3O4S/c1-21(2)32-30(36)28(18-24-9-7-6-8-10-24)33(19-25-11-13-26(31)14-12-25)29(35)20-34(39(5,37)38)27-16-22(3)15-23(4)17-27/h6-17,21,28H,18-20H2,1-5H3,(H,32,36)/t28-/m0/s1. The third-order valence-electron chi connectivity index (χ3n) is 6.14. The summed E-state index contributed by atoms with van der Waals surface area (Å²) in [6, 6.07) is 20.9. The van der Waals surface area contributed by atoms with E-state index in [0.29, 0.717) is 10.7 Å². The molecule has 0 spiro atoms. The van der Waals surface area contributed by atoms with Crippen molar-refractivity contribution in [1.82, 2.24) is 10.2 Å². The van der Waals surface area contributed by atoms with E-state index in [9.17, 15) is 18.0 Å². The topological polar surface area (TPSA) is 86.8 Å². The van der Waals surface area contributed by atoms with E-state index in [1.54, 1.807) is 36.4 Å². The van der Waals surface area contributed by atoms with Crippen LogP contribution in [0.15, 0.2) is 72.8 Å². The Labute approximate surface area is 236 Å². The highest BCUT2D eigenvalue weighted by molar-refractivity contribution is 7.92. The summed E-state index contributed by atoms with van der Waals surface area (Å²) in [5.74, 6) is -0.803. The zero-order valence-corrected chi connectivity index (χ0v) is 24.6. The van der Waals surface area contributed by atoms with E-state index >= 15 is 0 Å². The summed E-state index contributed by atoms with van der Waals surface area (Å²) in [6.07, 6.45) is 1.34. The minimum Gasteiger partial charge on any atom is -0.352 e. The molecule has 3 rings (SSSR count). The van der Waals surface area contributed by atoms with Gasteiger partial charge in [-0.2, -0.15) is 0 Å². The molecule has 0 fully saturated rings. The molecular weight excluding hydrogens is 534 g/mol. The van der Waals surface area contributed by atoms with Crippen molar-refractivity contribution in [2.75, 3.05) is 17.1 Å². The average Bonchev–Trinajstić information content (AvgIpc) is 2.84. The highest BCUT2D eigenvalue weighted by atomic mass is 35.5. The molecule has 0 saturated carbocycles. The van der Waals surface area contributed by atoms with Crippen LogP contribution in [0.5, 0.6) is 0 Å². The fourth-order valence-electron chi connectivity index (χ4n) is 4.43. The number of halogens is 1. The van der Waals surface area contributed by atoms with E-state index in [1.807, 2.05) is 64.1 Å². The van der Waals surface area contributed by atoms with E-state index < -0.39 is 28.5 Å². The van der Waals surface area contributed by atoms with Gasteiger partial charge >= 0.3 is 0 Å². The van der Waals surface area contributed by atoms with Crippen LogP contribution >= 0.6 is 11.6 Å². The van der Waals surface area contributed by atoms with E-state index in [2.05, 4.69) is 5.32 Å². The molecule has 1 N–H and O–H groups in total. The lowest BCUT2D eigenvalue weighted by molar-refractivity contribution is -0.140. The SMILES string of the molecule is Cc1cc(C)cc(N(CC(=O)N(Cc2ccc(Cl)cc2)[C@@H](Cc2ccccc2)C(=O)NC(C)C)S(C)(=O)=O)c1. The number of benzene rings is 3. The van der Waals surface area contributed by atoms with Gasteiger partial charge in [0.1, 0.15) is 12.6 Å². The Morgan fingerprint density at radius 3 is 2.03 bits per heavy atom. The molecule has 0 bridgehead atoms. The van der Waals surface area contributed by atoms with Crippen LogP contribution in [0.4, 0.5) is 5.69 Å². The normalized spacial score (nSPS) is 12.2. The number of amides is 2. The number of sulfonamides is 1. The van der Waals surface area contributed by atoms with Crippen molar-refractivity contribution < 1.29 is 18.0 Å². The van der Waals surface area contributed by atoms with Gasteiger partial charge in [0.2, 0.25) is 21.8 Å². The van der Waals surface area contributed by atoms with Gasteiger partial charge in [0.25, 0.3) is 0 Å². The van der Waals surface area contributed by atoms with Gasteiger partial charge in [-0.15, -0.1) is 0 Å². The summed E-state index contributed by atoms with van der Waals surface area (Å²) in [7, 11) is -3.81. The molecule has 0 unspecified atom stereocenters. The van der Waals surface area contributed by atoms with Gasteiger partial charge in [0, 0.05) is 24.0 Å². The number of carbonyl (C=O) groups excluding carboxylic acids is 2. The maximum Gasteiger partial charge on any atom is 0.244 e. The Hall–Kier alpha value is -3.36. The monoisotopic (exact) mass is 569 g/mol. The van der Waals surface area contributed by atoms with Crippen molar-refractivity contribution in [1.29, 1.82) is 0 Å². The first-order valence-corrected chi connectivity index (χ1v) is 15.0. The lowest BCUT2D eigenvalue weighted by Gasteiger charge is -2.34. The van der Waals surface area contributed by atoms with Crippen molar-refractivity contribution in [3.63, 3.8) is 0 Å². The summed E-state index contributed by atoms with van der Waals surface area (Å²) in [6.45, 7) is 7.11. The van der Waals surface area contributed by atoms with Crippen LogP contribution < -0.4 is 9.62 Å². The van der Waals surface area contributed by atoms with Crippen LogP contribution in [-0.4, -0.2) is 50.0 Å². The Morgan fingerprint density at radius 2 is 1.49 bits per heavy atom. The van der Waals surface area contributed by atoms with Crippen LogP contribution in [-0.2, 0) is 32.6 Å². The first kappa shape index (κ1) is 30.2. The first-order valence-electron chi connectivity index (χ1n) is 12.8. The van der Waals surface area contributed by atoms with E-state index in [-0.39, 0.29) is 24.9 Å². The zero-order valence-electron chi connectivity index (χ0n) is 23.0. The number of nitrogens with one attached hydrogen (secondary N) is 1. The molecule has 2 amide bonds. The van der Waals surface area contributed by atoms with Gasteiger partial charge in [-0.25, -0.2) is 8.42 Å². The lowest BCUT2D eigenvalue weighted by Crippen LogP contribution is -2.54. The quantitative estimate of drug-likeness (QED) is 0.356.